The fourth-order valence-electron chi connectivity index (χ4n) is 9.05. The maximum absolute atomic E-state index is 12.9. The van der Waals surface area contributed by atoms with Gasteiger partial charge in [0.15, 0.2) is 6.10 Å². The fourth-order valence-corrected chi connectivity index (χ4v) is 9.05. The Morgan fingerprint density at radius 3 is 0.803 bits per heavy atom. The van der Waals surface area contributed by atoms with Crippen LogP contribution in [0.4, 0.5) is 0 Å². The van der Waals surface area contributed by atoms with Crippen LogP contribution in [0.2, 0.25) is 0 Å². The monoisotopic (exact) mass is 995 g/mol. The maximum Gasteiger partial charge on any atom is 0.306 e. The summed E-state index contributed by atoms with van der Waals surface area (Å²) in [6, 6.07) is 0. The first-order chi connectivity index (χ1) is 35.0. The number of esters is 3. The van der Waals surface area contributed by atoms with Gasteiger partial charge < -0.3 is 14.2 Å². The van der Waals surface area contributed by atoms with Crippen molar-refractivity contribution in [2.45, 2.75) is 335 Å². The molecule has 0 bridgehead atoms. The highest BCUT2D eigenvalue weighted by Crippen LogP contribution is 2.16. The van der Waals surface area contributed by atoms with E-state index in [1.54, 1.807) is 0 Å². The van der Waals surface area contributed by atoms with Crippen LogP contribution in [-0.4, -0.2) is 37.2 Å². The molecule has 0 aromatic rings. The second-order valence-corrected chi connectivity index (χ2v) is 21.0. The third-order valence-electron chi connectivity index (χ3n) is 13.8. The summed E-state index contributed by atoms with van der Waals surface area (Å²) < 4.78 is 16.9. The third-order valence-corrected chi connectivity index (χ3v) is 13.8. The van der Waals surface area contributed by atoms with E-state index in [1.165, 1.54) is 218 Å². The van der Waals surface area contributed by atoms with Crippen LogP contribution in [-0.2, 0) is 28.6 Å². The molecule has 6 heteroatoms. The van der Waals surface area contributed by atoms with Crippen molar-refractivity contribution in [1.29, 1.82) is 0 Å². The Labute approximate surface area is 441 Å². The third kappa shape index (κ3) is 58.1. The van der Waals surface area contributed by atoms with Gasteiger partial charge in [-0.3, -0.25) is 14.4 Å². The molecule has 0 aliphatic heterocycles. The number of unbranched alkanes of at least 4 members (excludes halogenated alkanes) is 38. The van der Waals surface area contributed by atoms with Crippen LogP contribution in [0.5, 0.6) is 0 Å². The molecule has 71 heavy (non-hydrogen) atoms. The van der Waals surface area contributed by atoms with E-state index in [9.17, 15) is 14.4 Å². The van der Waals surface area contributed by atoms with Gasteiger partial charge in [-0.15, -0.1) is 0 Å². The number of carbonyl (C=O) groups is 3. The van der Waals surface area contributed by atoms with E-state index in [1.807, 2.05) is 0 Å². The number of hydrogen-bond acceptors (Lipinski definition) is 6. The molecule has 0 saturated heterocycles. The minimum Gasteiger partial charge on any atom is -0.462 e. The van der Waals surface area contributed by atoms with Crippen LogP contribution < -0.4 is 0 Å². The van der Waals surface area contributed by atoms with E-state index in [0.717, 1.165) is 70.6 Å². The summed E-state index contributed by atoms with van der Waals surface area (Å²) in [5.74, 6) is -0.875. The summed E-state index contributed by atoms with van der Waals surface area (Å²) in [5.41, 5.74) is 0. The van der Waals surface area contributed by atoms with Gasteiger partial charge in [-0.1, -0.05) is 256 Å². The van der Waals surface area contributed by atoms with Crippen molar-refractivity contribution in [2.24, 2.45) is 0 Å². The largest absolute Gasteiger partial charge is 0.462 e. The van der Waals surface area contributed by atoms with Crippen LogP contribution >= 0.6 is 0 Å². The molecular weight excluding hydrogens is 877 g/mol. The number of allylic oxidation sites excluding steroid dienone is 8. The van der Waals surface area contributed by atoms with E-state index in [0.29, 0.717) is 19.3 Å². The molecule has 0 aromatic heterocycles. The van der Waals surface area contributed by atoms with Crippen LogP contribution in [0.3, 0.4) is 0 Å². The summed E-state index contributed by atoms with van der Waals surface area (Å²) in [4.78, 5) is 38.2. The van der Waals surface area contributed by atoms with E-state index in [2.05, 4.69) is 69.4 Å². The van der Waals surface area contributed by atoms with Gasteiger partial charge in [0.25, 0.3) is 0 Å². The molecule has 0 heterocycles. The molecule has 0 aromatic carbocycles. The second kappa shape index (κ2) is 59.9. The average Bonchev–Trinajstić information content (AvgIpc) is 3.37. The van der Waals surface area contributed by atoms with Gasteiger partial charge in [0.1, 0.15) is 13.2 Å². The smallest absolute Gasteiger partial charge is 0.306 e. The molecule has 0 radical (unpaired) electrons. The number of ether oxygens (including phenoxy) is 3. The first kappa shape index (κ1) is 68.4. The Bertz CT molecular complexity index is 1230. The van der Waals surface area contributed by atoms with Crippen molar-refractivity contribution >= 4 is 17.9 Å². The lowest BCUT2D eigenvalue weighted by molar-refractivity contribution is -0.167. The fraction of sp³-hybridized carbons (Fsp3) is 0.831. The minimum atomic E-state index is -0.779. The molecule has 414 valence electrons. The molecule has 6 nitrogen and oxygen atoms in total. The topological polar surface area (TPSA) is 78.9 Å². The van der Waals surface area contributed by atoms with Gasteiger partial charge in [0.05, 0.1) is 0 Å². The van der Waals surface area contributed by atoms with Crippen LogP contribution in [0, 0.1) is 0 Å². The number of hydrogen-bond donors (Lipinski definition) is 0. The molecule has 0 fully saturated rings. The quantitative estimate of drug-likeness (QED) is 0.0261. The van der Waals surface area contributed by atoms with Crippen molar-refractivity contribution < 1.29 is 28.6 Å². The molecule has 1 unspecified atom stereocenters. The summed E-state index contributed by atoms with van der Waals surface area (Å²) in [5, 5.41) is 0. The van der Waals surface area contributed by atoms with E-state index in [-0.39, 0.29) is 31.1 Å². The van der Waals surface area contributed by atoms with Gasteiger partial charge in [-0.05, 0) is 103 Å². The number of carbonyl (C=O) groups excluding carboxylic acids is 3. The predicted octanol–water partition coefficient (Wildman–Crippen LogP) is 21.0. The highest BCUT2D eigenvalue weighted by Gasteiger charge is 2.19. The van der Waals surface area contributed by atoms with Gasteiger partial charge in [0.2, 0.25) is 0 Å². The lowest BCUT2D eigenvalue weighted by Gasteiger charge is -2.18. The van der Waals surface area contributed by atoms with Crippen molar-refractivity contribution in [3.8, 4) is 0 Å². The van der Waals surface area contributed by atoms with Crippen LogP contribution in [0.1, 0.15) is 329 Å². The van der Waals surface area contributed by atoms with Crippen LogP contribution in [0.15, 0.2) is 48.6 Å². The van der Waals surface area contributed by atoms with Crippen molar-refractivity contribution in [3.05, 3.63) is 48.6 Å². The maximum atomic E-state index is 12.9. The average molecular weight is 996 g/mol. The Balaban J connectivity index is 4.33. The normalized spacial score (nSPS) is 12.3. The second-order valence-electron chi connectivity index (χ2n) is 21.0. The highest BCUT2D eigenvalue weighted by molar-refractivity contribution is 5.71. The molecular formula is C65H118O6. The first-order valence-corrected chi connectivity index (χ1v) is 31.1. The lowest BCUT2D eigenvalue weighted by atomic mass is 10.1. The molecule has 0 rings (SSSR count). The number of rotatable bonds is 57. The first-order valence-electron chi connectivity index (χ1n) is 31.1. The summed E-state index contributed by atoms with van der Waals surface area (Å²) in [7, 11) is 0. The Kier molecular flexibility index (Phi) is 57.7. The molecule has 0 spiro atoms. The van der Waals surface area contributed by atoms with Gasteiger partial charge >= 0.3 is 17.9 Å². The SMILES string of the molecule is CCCCCC/C=C\CCCCCCCC(=O)OCC(COC(=O)CCCCCCCCCCC/C=C\C/C=C\CCCCCCC)OC(=O)CCCCCCCCCCC/C=C\CCCCCCCC. The zero-order valence-corrected chi connectivity index (χ0v) is 47.5. The molecule has 0 aliphatic carbocycles. The molecule has 0 saturated carbocycles. The Morgan fingerprint density at radius 2 is 0.507 bits per heavy atom. The molecule has 1 atom stereocenters. The summed E-state index contributed by atoms with van der Waals surface area (Å²) in [6.45, 7) is 6.64. The summed E-state index contributed by atoms with van der Waals surface area (Å²) in [6.07, 6.45) is 73.9. The van der Waals surface area contributed by atoms with Gasteiger partial charge in [-0.25, -0.2) is 0 Å². The highest BCUT2D eigenvalue weighted by atomic mass is 16.6. The van der Waals surface area contributed by atoms with Gasteiger partial charge in [-0.2, -0.15) is 0 Å². The molecule has 0 amide bonds. The van der Waals surface area contributed by atoms with E-state index >= 15 is 0 Å². The standard InChI is InChI=1S/C65H118O6/c1-4-7-10-13-16-19-22-25-27-29-31-32-34-35-37-40-43-46-49-52-55-58-64(67)70-61-62(60-69-63(66)57-54-51-48-45-42-39-24-21-18-15-12-9-6-3)71-65(68)59-56-53-50-47-44-41-38-36-33-30-28-26-23-20-17-14-11-8-5-2/h21-22,24-26,28-29,31,62H,4-20,23,27,30,32-61H2,1-3H3/b24-21-,25-22-,28-26-,31-29-. The Morgan fingerprint density at radius 1 is 0.282 bits per heavy atom. The zero-order chi connectivity index (χ0) is 51.4. The van der Waals surface area contributed by atoms with Crippen molar-refractivity contribution in [2.75, 3.05) is 13.2 Å². The lowest BCUT2D eigenvalue weighted by Crippen LogP contribution is -2.30. The van der Waals surface area contributed by atoms with Crippen molar-refractivity contribution in [1.82, 2.24) is 0 Å². The summed E-state index contributed by atoms with van der Waals surface area (Å²) >= 11 is 0. The van der Waals surface area contributed by atoms with Gasteiger partial charge in [0, 0.05) is 19.3 Å². The molecule has 0 N–H and O–H groups in total. The zero-order valence-electron chi connectivity index (χ0n) is 47.5. The van der Waals surface area contributed by atoms with E-state index in [4.69, 9.17) is 14.2 Å². The van der Waals surface area contributed by atoms with Crippen LogP contribution in [0.25, 0.3) is 0 Å². The predicted molar refractivity (Wildman–Crippen MR) is 307 cm³/mol. The molecule has 0 aliphatic rings. The van der Waals surface area contributed by atoms with Crippen molar-refractivity contribution in [3.63, 3.8) is 0 Å². The van der Waals surface area contributed by atoms with E-state index < -0.39 is 6.10 Å². The Hall–Kier alpha value is -2.63. The minimum absolute atomic E-state index is 0.0768.